The Balaban J connectivity index is 0.000000340. The molecule has 4 rings (SSSR count). The molecule has 0 fully saturated rings. The second-order valence-corrected chi connectivity index (χ2v) is 17.4. The molecule has 0 aliphatic heterocycles. The number of rotatable bonds is 22. The lowest BCUT2D eigenvalue weighted by Gasteiger charge is -2.33. The van der Waals surface area contributed by atoms with Crippen molar-refractivity contribution in [3.05, 3.63) is 136 Å². The van der Waals surface area contributed by atoms with Crippen molar-refractivity contribution in [2.75, 3.05) is 19.6 Å². The zero-order valence-electron chi connectivity index (χ0n) is 39.5. The molecular formula is C52H72N4O8. The Morgan fingerprint density at radius 1 is 0.578 bits per heavy atom. The smallest absolute Gasteiger partial charge is 0.330 e. The third-order valence-electron chi connectivity index (χ3n) is 11.4. The van der Waals surface area contributed by atoms with Gasteiger partial charge in [0, 0.05) is 55.4 Å². The van der Waals surface area contributed by atoms with E-state index in [-0.39, 0.29) is 37.5 Å². The molecule has 0 saturated heterocycles. The minimum Gasteiger partial charge on any atom is -0.479 e. The Morgan fingerprint density at radius 3 is 1.42 bits per heavy atom. The number of hydrogen-bond donors (Lipinski definition) is 5. The number of carbonyl (C=O) groups is 4. The average molecular weight is 881 g/mol. The SMILES string of the molecule is CC(=O)NC(C(=O)O)c1ccc(CO)cc1C(CCN(C(C)C)C(C)C)c1ccccc1.CC(=O)NCC(=O)Oc1ccc(CO)cc1C(CCN(C(C)C)C(C)C)c1ccccc1. The second-order valence-electron chi connectivity index (χ2n) is 17.4. The number of carbonyl (C=O) groups excluding carboxylic acids is 3. The molecule has 4 aromatic carbocycles. The quantitative estimate of drug-likeness (QED) is 0.0386. The van der Waals surface area contributed by atoms with Gasteiger partial charge in [0.2, 0.25) is 11.8 Å². The highest BCUT2D eigenvalue weighted by atomic mass is 16.5. The third-order valence-corrected chi connectivity index (χ3v) is 11.4. The summed E-state index contributed by atoms with van der Waals surface area (Å²) in [7, 11) is 0. The Labute approximate surface area is 381 Å². The molecule has 0 heterocycles. The van der Waals surface area contributed by atoms with Crippen LogP contribution in [-0.4, -0.2) is 92.7 Å². The van der Waals surface area contributed by atoms with Gasteiger partial charge >= 0.3 is 11.9 Å². The number of carboxylic acid groups (broad SMARTS) is 1. The fourth-order valence-electron chi connectivity index (χ4n) is 8.34. The number of aliphatic hydroxyl groups excluding tert-OH is 2. The van der Waals surface area contributed by atoms with Crippen LogP contribution in [0.4, 0.5) is 0 Å². The lowest BCUT2D eigenvalue weighted by Crippen LogP contribution is -2.38. The summed E-state index contributed by atoms with van der Waals surface area (Å²) >= 11 is 0. The van der Waals surface area contributed by atoms with E-state index in [1.807, 2.05) is 60.7 Å². The van der Waals surface area contributed by atoms with E-state index in [0.717, 1.165) is 53.7 Å². The van der Waals surface area contributed by atoms with E-state index in [1.54, 1.807) is 24.3 Å². The van der Waals surface area contributed by atoms with Crippen molar-refractivity contribution in [2.45, 2.75) is 137 Å². The van der Waals surface area contributed by atoms with Crippen LogP contribution in [-0.2, 0) is 32.4 Å². The average Bonchev–Trinajstić information content (AvgIpc) is 3.25. The first-order valence-corrected chi connectivity index (χ1v) is 22.4. The number of ether oxygens (including phenoxy) is 1. The number of esters is 1. The number of hydrogen-bond acceptors (Lipinski definition) is 9. The van der Waals surface area contributed by atoms with E-state index < -0.39 is 23.9 Å². The van der Waals surface area contributed by atoms with Crippen LogP contribution in [0.5, 0.6) is 5.75 Å². The van der Waals surface area contributed by atoms with E-state index in [9.17, 15) is 34.5 Å². The normalized spacial score (nSPS) is 12.8. The second kappa shape index (κ2) is 26.4. The molecule has 12 heteroatoms. The van der Waals surface area contributed by atoms with E-state index in [1.165, 1.54) is 13.8 Å². The first-order valence-electron chi connectivity index (χ1n) is 22.4. The van der Waals surface area contributed by atoms with Crippen LogP contribution < -0.4 is 15.4 Å². The van der Waals surface area contributed by atoms with Crippen molar-refractivity contribution in [3.63, 3.8) is 0 Å². The van der Waals surface area contributed by atoms with Gasteiger partial charge in [0.05, 0.1) is 13.2 Å². The van der Waals surface area contributed by atoms with Gasteiger partial charge in [-0.1, -0.05) is 84.9 Å². The number of nitrogens with one attached hydrogen (secondary N) is 2. The maximum atomic E-state index is 12.3. The van der Waals surface area contributed by atoms with Gasteiger partial charge in [-0.05, 0) is 127 Å². The molecule has 0 radical (unpaired) electrons. The van der Waals surface area contributed by atoms with Gasteiger partial charge in [-0.15, -0.1) is 0 Å². The highest BCUT2D eigenvalue weighted by molar-refractivity contribution is 5.84. The van der Waals surface area contributed by atoms with E-state index in [4.69, 9.17) is 4.74 Å². The molecule has 0 bridgehead atoms. The van der Waals surface area contributed by atoms with Crippen LogP contribution >= 0.6 is 0 Å². The maximum Gasteiger partial charge on any atom is 0.330 e. The topological polar surface area (TPSA) is 169 Å². The zero-order valence-corrected chi connectivity index (χ0v) is 39.5. The van der Waals surface area contributed by atoms with Crippen molar-refractivity contribution >= 4 is 23.8 Å². The first kappa shape index (κ1) is 52.9. The van der Waals surface area contributed by atoms with Crippen molar-refractivity contribution < 1.29 is 39.2 Å². The third kappa shape index (κ3) is 16.3. The van der Waals surface area contributed by atoms with E-state index in [0.29, 0.717) is 41.0 Å². The highest BCUT2D eigenvalue weighted by Crippen LogP contribution is 2.37. The molecule has 0 aliphatic carbocycles. The monoisotopic (exact) mass is 881 g/mol. The summed E-state index contributed by atoms with van der Waals surface area (Å²) in [6.07, 6.45) is 1.60. The summed E-state index contributed by atoms with van der Waals surface area (Å²) in [6, 6.07) is 31.2. The molecule has 0 saturated carbocycles. The Bertz CT molecular complexity index is 2050. The zero-order chi connectivity index (χ0) is 47.5. The van der Waals surface area contributed by atoms with Gasteiger partial charge in [-0.25, -0.2) is 9.59 Å². The Kier molecular flexibility index (Phi) is 21.8. The standard InChI is InChI=1S/2C26H36N2O4/c1-18(2)28(19(3)4)14-13-23(22-9-7-6-8-10-22)24-15-21(17-29)11-12-25(24)32-26(31)16-27-20(5)30;1-17(2)28(18(3)4)14-13-22(21-9-7-6-8-10-21)24-15-20(16-29)11-12-23(24)25(26(31)32)27-19(5)30/h6-12,15,18-19,23,29H,13-14,16-17H2,1-5H3,(H,27,30);6-12,15,17-18,22,25,29H,13-14,16H2,1-5H3,(H,27,30)(H,31,32). The minimum atomic E-state index is -1.16. The molecule has 0 aliphatic rings. The van der Waals surface area contributed by atoms with Gasteiger partial charge in [0.25, 0.3) is 0 Å². The van der Waals surface area contributed by atoms with E-state index >= 15 is 0 Å². The molecule has 0 spiro atoms. The lowest BCUT2D eigenvalue weighted by molar-refractivity contribution is -0.141. The van der Waals surface area contributed by atoms with Crippen molar-refractivity contribution in [2.24, 2.45) is 0 Å². The van der Waals surface area contributed by atoms with Crippen LogP contribution in [0, 0.1) is 0 Å². The summed E-state index contributed by atoms with van der Waals surface area (Å²) < 4.78 is 5.65. The molecule has 348 valence electrons. The van der Waals surface area contributed by atoms with Gasteiger partial charge in [-0.3, -0.25) is 19.4 Å². The number of benzene rings is 4. The summed E-state index contributed by atoms with van der Waals surface area (Å²) in [5.74, 6) is -2.00. The predicted octanol–water partition coefficient (Wildman–Crippen LogP) is 7.94. The summed E-state index contributed by atoms with van der Waals surface area (Å²) in [5, 5.41) is 34.4. The largest absolute Gasteiger partial charge is 0.479 e. The highest BCUT2D eigenvalue weighted by Gasteiger charge is 2.29. The summed E-state index contributed by atoms with van der Waals surface area (Å²) in [6.45, 7) is 21.4. The first-order chi connectivity index (χ1) is 30.4. The van der Waals surface area contributed by atoms with Crippen molar-refractivity contribution in [1.82, 2.24) is 20.4 Å². The van der Waals surface area contributed by atoms with E-state index in [2.05, 4.69) is 88.0 Å². The number of aliphatic hydroxyl groups is 2. The minimum absolute atomic E-state index is 0.0220. The molecule has 0 aromatic heterocycles. The number of aliphatic carboxylic acids is 1. The molecule has 12 nitrogen and oxygen atoms in total. The van der Waals surface area contributed by atoms with Gasteiger partial charge in [0.15, 0.2) is 6.04 Å². The number of carboxylic acids is 1. The molecule has 4 aromatic rings. The van der Waals surface area contributed by atoms with Crippen molar-refractivity contribution in [1.29, 1.82) is 0 Å². The van der Waals surface area contributed by atoms with Gasteiger partial charge in [0.1, 0.15) is 12.3 Å². The fraction of sp³-hybridized carbons (Fsp3) is 0.462. The molecular weight excluding hydrogens is 809 g/mol. The van der Waals surface area contributed by atoms with Crippen molar-refractivity contribution in [3.8, 4) is 5.75 Å². The molecule has 3 atom stereocenters. The number of amides is 2. The molecule has 5 N–H and O–H groups in total. The molecule has 2 amide bonds. The van der Waals surface area contributed by atoms with Crippen LogP contribution in [0.15, 0.2) is 97.1 Å². The fourth-order valence-corrected chi connectivity index (χ4v) is 8.34. The molecule has 3 unspecified atom stereocenters. The molecule has 64 heavy (non-hydrogen) atoms. The Morgan fingerprint density at radius 2 is 1.02 bits per heavy atom. The lowest BCUT2D eigenvalue weighted by atomic mass is 9.82. The van der Waals surface area contributed by atoms with Gasteiger partial charge in [-0.2, -0.15) is 0 Å². The maximum absolute atomic E-state index is 12.3. The summed E-state index contributed by atoms with van der Waals surface area (Å²) in [5.41, 5.74) is 5.87. The predicted molar refractivity (Wildman–Crippen MR) is 253 cm³/mol. The Hall–Kier alpha value is -5.40. The van der Waals surface area contributed by atoms with Crippen LogP contribution in [0.25, 0.3) is 0 Å². The summed E-state index contributed by atoms with van der Waals surface area (Å²) in [4.78, 5) is 52.2. The van der Waals surface area contributed by atoms with Crippen LogP contribution in [0.3, 0.4) is 0 Å². The van der Waals surface area contributed by atoms with Crippen LogP contribution in [0.1, 0.15) is 139 Å². The number of nitrogens with zero attached hydrogens (tertiary/aromatic N) is 2. The van der Waals surface area contributed by atoms with Gasteiger partial charge < -0.3 is 30.7 Å². The van der Waals surface area contributed by atoms with Crippen LogP contribution in [0.2, 0.25) is 0 Å².